The van der Waals surface area contributed by atoms with Gasteiger partial charge in [-0.25, -0.2) is 8.42 Å². The number of benzene rings is 1. The maximum Gasteiger partial charge on any atom is 0.241 e. The first-order chi connectivity index (χ1) is 11.7. The quantitative estimate of drug-likeness (QED) is 0.795. The van der Waals surface area contributed by atoms with E-state index >= 15 is 0 Å². The number of ether oxygens (including phenoxy) is 2. The first-order valence-corrected chi connectivity index (χ1v) is 9.91. The Bertz CT molecular complexity index is 716. The van der Waals surface area contributed by atoms with Gasteiger partial charge in [-0.2, -0.15) is 4.72 Å². The summed E-state index contributed by atoms with van der Waals surface area (Å²) >= 11 is 0. The number of hydrogen-bond acceptors (Lipinski definition) is 5. The molecule has 7 nitrogen and oxygen atoms in total. The Kier molecular flexibility index (Phi) is 6.29. The van der Waals surface area contributed by atoms with Crippen molar-refractivity contribution in [2.75, 3.05) is 13.2 Å². The fourth-order valence-corrected chi connectivity index (χ4v) is 3.77. The minimum atomic E-state index is -3.88. The highest BCUT2D eigenvalue weighted by atomic mass is 32.2. The van der Waals surface area contributed by atoms with Gasteiger partial charge in [0, 0.05) is 18.5 Å². The van der Waals surface area contributed by atoms with Crippen LogP contribution >= 0.6 is 0 Å². The Morgan fingerprint density at radius 2 is 1.72 bits per heavy atom. The lowest BCUT2D eigenvalue weighted by molar-refractivity contribution is -0.124. The predicted octanol–water partition coefficient (Wildman–Crippen LogP) is 1.68. The van der Waals surface area contributed by atoms with Crippen molar-refractivity contribution in [3.8, 4) is 11.5 Å². The SMILES string of the molecule is CC(C)NC(=O)C(NS(=O)(=O)c1ccc2c(c1)OCCCO2)C(C)C. The van der Waals surface area contributed by atoms with Crippen LogP contribution in [0.1, 0.15) is 34.1 Å². The molecule has 2 rings (SSSR count). The molecule has 1 heterocycles. The lowest BCUT2D eigenvalue weighted by Crippen LogP contribution is -2.51. The maximum atomic E-state index is 12.7. The second-order valence-electron chi connectivity index (χ2n) is 6.67. The van der Waals surface area contributed by atoms with Crippen LogP contribution in [-0.2, 0) is 14.8 Å². The summed E-state index contributed by atoms with van der Waals surface area (Å²) in [5.41, 5.74) is 0. The van der Waals surface area contributed by atoms with Crippen molar-refractivity contribution in [3.63, 3.8) is 0 Å². The van der Waals surface area contributed by atoms with Gasteiger partial charge in [-0.15, -0.1) is 0 Å². The first-order valence-electron chi connectivity index (χ1n) is 8.43. The number of carbonyl (C=O) groups is 1. The molecule has 2 N–H and O–H groups in total. The zero-order chi connectivity index (χ0) is 18.6. The summed E-state index contributed by atoms with van der Waals surface area (Å²) in [4.78, 5) is 12.3. The van der Waals surface area contributed by atoms with E-state index in [0.29, 0.717) is 24.7 Å². The fraction of sp³-hybridized carbons (Fsp3) is 0.588. The Labute approximate surface area is 149 Å². The van der Waals surface area contributed by atoms with E-state index in [0.717, 1.165) is 6.42 Å². The minimum absolute atomic E-state index is 0.0414. The molecule has 0 bridgehead atoms. The molecular weight excluding hydrogens is 344 g/mol. The van der Waals surface area contributed by atoms with Gasteiger partial charge < -0.3 is 14.8 Å². The van der Waals surface area contributed by atoms with Crippen LogP contribution in [0.4, 0.5) is 0 Å². The first kappa shape index (κ1) is 19.5. The summed E-state index contributed by atoms with van der Waals surface area (Å²) in [7, 11) is -3.88. The minimum Gasteiger partial charge on any atom is -0.490 e. The second kappa shape index (κ2) is 8.05. The molecule has 8 heteroatoms. The molecule has 1 aliphatic heterocycles. The molecule has 1 aromatic rings. The largest absolute Gasteiger partial charge is 0.490 e. The van der Waals surface area contributed by atoms with E-state index in [9.17, 15) is 13.2 Å². The fourth-order valence-electron chi connectivity index (χ4n) is 2.41. The summed E-state index contributed by atoms with van der Waals surface area (Å²) in [5.74, 6) is 0.374. The normalized spacial score (nSPS) is 15.8. The summed E-state index contributed by atoms with van der Waals surface area (Å²) in [6.45, 7) is 8.24. The van der Waals surface area contributed by atoms with Gasteiger partial charge in [0.15, 0.2) is 11.5 Å². The van der Waals surface area contributed by atoms with Crippen molar-refractivity contribution in [1.82, 2.24) is 10.0 Å². The van der Waals surface area contributed by atoms with E-state index in [-0.39, 0.29) is 22.8 Å². The summed E-state index contributed by atoms with van der Waals surface area (Å²) in [6.07, 6.45) is 0.736. The van der Waals surface area contributed by atoms with Crippen LogP contribution in [0.3, 0.4) is 0 Å². The molecule has 1 unspecified atom stereocenters. The molecule has 25 heavy (non-hydrogen) atoms. The second-order valence-corrected chi connectivity index (χ2v) is 8.38. The Balaban J connectivity index is 2.25. The molecule has 0 aliphatic carbocycles. The molecule has 0 saturated carbocycles. The van der Waals surface area contributed by atoms with Crippen LogP contribution in [0, 0.1) is 5.92 Å². The summed E-state index contributed by atoms with van der Waals surface area (Å²) in [5, 5.41) is 2.75. The van der Waals surface area contributed by atoms with Crippen molar-refractivity contribution >= 4 is 15.9 Å². The molecule has 1 aromatic carbocycles. The predicted molar refractivity (Wildman–Crippen MR) is 94.3 cm³/mol. The Morgan fingerprint density at radius 3 is 2.32 bits per heavy atom. The third-order valence-electron chi connectivity index (χ3n) is 3.69. The summed E-state index contributed by atoms with van der Waals surface area (Å²) in [6, 6.07) is 3.53. The zero-order valence-corrected chi connectivity index (χ0v) is 15.9. The standard InChI is InChI=1S/C17H26N2O5S/c1-11(2)16(17(20)18-12(3)4)19-25(21,22)13-6-7-14-15(10-13)24-9-5-8-23-14/h6-7,10-12,16,19H,5,8-9H2,1-4H3,(H,18,20). The van der Waals surface area contributed by atoms with Crippen molar-refractivity contribution < 1.29 is 22.7 Å². The van der Waals surface area contributed by atoms with Crippen molar-refractivity contribution in [2.24, 2.45) is 5.92 Å². The number of nitrogens with one attached hydrogen (secondary N) is 2. The van der Waals surface area contributed by atoms with Gasteiger partial charge >= 0.3 is 0 Å². The van der Waals surface area contributed by atoms with E-state index < -0.39 is 16.1 Å². The highest BCUT2D eigenvalue weighted by Crippen LogP contribution is 2.32. The van der Waals surface area contributed by atoms with Crippen LogP contribution in [0.15, 0.2) is 23.1 Å². The number of sulfonamides is 1. The molecule has 0 spiro atoms. The van der Waals surface area contributed by atoms with Crippen molar-refractivity contribution in [3.05, 3.63) is 18.2 Å². The smallest absolute Gasteiger partial charge is 0.241 e. The molecule has 0 fully saturated rings. The molecule has 1 amide bonds. The molecule has 1 atom stereocenters. The van der Waals surface area contributed by atoms with E-state index in [1.807, 2.05) is 13.8 Å². The van der Waals surface area contributed by atoms with E-state index in [4.69, 9.17) is 9.47 Å². The Hall–Kier alpha value is -1.80. The van der Waals surface area contributed by atoms with Gasteiger partial charge in [-0.3, -0.25) is 4.79 Å². The molecule has 140 valence electrons. The third-order valence-corrected chi connectivity index (χ3v) is 5.13. The van der Waals surface area contributed by atoms with Crippen LogP contribution in [0.25, 0.3) is 0 Å². The Morgan fingerprint density at radius 1 is 1.08 bits per heavy atom. The van der Waals surface area contributed by atoms with Gasteiger partial charge in [0.1, 0.15) is 6.04 Å². The van der Waals surface area contributed by atoms with E-state index in [1.165, 1.54) is 12.1 Å². The van der Waals surface area contributed by atoms with E-state index in [2.05, 4.69) is 10.0 Å². The van der Waals surface area contributed by atoms with Crippen LogP contribution in [0.2, 0.25) is 0 Å². The number of hydrogen-bond donors (Lipinski definition) is 2. The van der Waals surface area contributed by atoms with Crippen molar-refractivity contribution in [2.45, 2.75) is 51.1 Å². The lowest BCUT2D eigenvalue weighted by atomic mass is 10.0. The van der Waals surface area contributed by atoms with Crippen LogP contribution in [-0.4, -0.2) is 39.6 Å². The molecule has 0 radical (unpaired) electrons. The van der Waals surface area contributed by atoms with E-state index in [1.54, 1.807) is 19.9 Å². The third kappa shape index (κ3) is 5.09. The lowest BCUT2D eigenvalue weighted by Gasteiger charge is -2.23. The molecular formula is C17H26N2O5S. The number of rotatable bonds is 6. The maximum absolute atomic E-state index is 12.7. The van der Waals surface area contributed by atoms with Crippen LogP contribution < -0.4 is 19.5 Å². The average Bonchev–Trinajstić information content (AvgIpc) is 2.76. The monoisotopic (exact) mass is 370 g/mol. The van der Waals surface area contributed by atoms with Gasteiger partial charge in [0.25, 0.3) is 0 Å². The average molecular weight is 370 g/mol. The van der Waals surface area contributed by atoms with Crippen LogP contribution in [0.5, 0.6) is 11.5 Å². The van der Waals surface area contributed by atoms with Gasteiger partial charge in [0.05, 0.1) is 18.1 Å². The molecule has 0 aromatic heterocycles. The zero-order valence-electron chi connectivity index (χ0n) is 15.0. The molecule has 1 aliphatic rings. The highest BCUT2D eigenvalue weighted by molar-refractivity contribution is 7.89. The van der Waals surface area contributed by atoms with Crippen molar-refractivity contribution in [1.29, 1.82) is 0 Å². The summed E-state index contributed by atoms with van der Waals surface area (Å²) < 4.78 is 39.0. The highest BCUT2D eigenvalue weighted by Gasteiger charge is 2.29. The molecule has 0 saturated heterocycles. The topological polar surface area (TPSA) is 93.7 Å². The van der Waals surface area contributed by atoms with Gasteiger partial charge in [0.2, 0.25) is 15.9 Å². The van der Waals surface area contributed by atoms with Gasteiger partial charge in [-0.1, -0.05) is 13.8 Å². The van der Waals surface area contributed by atoms with Gasteiger partial charge in [-0.05, 0) is 31.9 Å². The number of amides is 1. The number of fused-ring (bicyclic) bond motifs is 1. The number of carbonyl (C=O) groups excluding carboxylic acids is 1.